The number of nitrogens with zero attached hydrogens (tertiary/aromatic N) is 1. The van der Waals surface area contributed by atoms with Crippen LogP contribution in [-0.4, -0.2) is 32.8 Å². The summed E-state index contributed by atoms with van der Waals surface area (Å²) in [5, 5.41) is 0. The highest BCUT2D eigenvalue weighted by Crippen LogP contribution is 2.30. The lowest BCUT2D eigenvalue weighted by Crippen LogP contribution is -2.41. The number of benzene rings is 1. The molecule has 1 aliphatic rings. The fraction of sp³-hybridized carbons (Fsp3) is 0.364. The first kappa shape index (κ1) is 11.4. The summed E-state index contributed by atoms with van der Waals surface area (Å²) in [7, 11) is 1.60. The van der Waals surface area contributed by atoms with Gasteiger partial charge in [0, 0.05) is 18.3 Å². The van der Waals surface area contributed by atoms with Crippen LogP contribution in [-0.2, 0) is 9.53 Å². The van der Waals surface area contributed by atoms with Crippen molar-refractivity contribution < 1.29 is 14.3 Å². The van der Waals surface area contributed by atoms with Crippen molar-refractivity contribution in [1.29, 1.82) is 0 Å². The van der Waals surface area contributed by atoms with Crippen LogP contribution in [0.5, 0.6) is 5.75 Å². The summed E-state index contributed by atoms with van der Waals surface area (Å²) in [5.74, 6) is 0.701. The molecule has 0 aromatic heterocycles. The molecule has 0 atom stereocenters. The number of methoxy groups -OCH3 is 1. The van der Waals surface area contributed by atoms with Crippen LogP contribution in [0, 0.1) is 0 Å². The first-order chi connectivity index (χ1) is 7.72. The van der Waals surface area contributed by atoms with Crippen LogP contribution in [0.15, 0.2) is 22.7 Å². The second kappa shape index (κ2) is 4.84. The minimum Gasteiger partial charge on any atom is -0.495 e. The third-order valence-electron chi connectivity index (χ3n) is 2.43. The van der Waals surface area contributed by atoms with E-state index in [0.29, 0.717) is 13.2 Å². The Kier molecular flexibility index (Phi) is 3.46. The smallest absolute Gasteiger partial charge is 0.253 e. The lowest BCUT2D eigenvalue weighted by atomic mass is 10.2. The van der Waals surface area contributed by atoms with Gasteiger partial charge in [0.15, 0.2) is 0 Å². The van der Waals surface area contributed by atoms with Crippen LogP contribution in [0.4, 0.5) is 5.69 Å². The van der Waals surface area contributed by atoms with Crippen molar-refractivity contribution in [3.05, 3.63) is 22.7 Å². The molecule has 0 radical (unpaired) electrons. The number of hydrogen-bond acceptors (Lipinski definition) is 3. The maximum absolute atomic E-state index is 11.6. The van der Waals surface area contributed by atoms with Crippen molar-refractivity contribution in [2.45, 2.75) is 0 Å². The molecule has 0 saturated carbocycles. The van der Waals surface area contributed by atoms with E-state index in [2.05, 4.69) is 15.9 Å². The van der Waals surface area contributed by atoms with E-state index < -0.39 is 0 Å². The Hall–Kier alpha value is -1.07. The van der Waals surface area contributed by atoms with E-state index in [0.717, 1.165) is 15.9 Å². The van der Waals surface area contributed by atoms with Crippen molar-refractivity contribution in [2.24, 2.45) is 0 Å². The van der Waals surface area contributed by atoms with E-state index in [1.807, 2.05) is 18.2 Å². The van der Waals surface area contributed by atoms with Crippen LogP contribution < -0.4 is 9.64 Å². The molecule has 1 aromatic carbocycles. The van der Waals surface area contributed by atoms with Crippen molar-refractivity contribution in [3.8, 4) is 5.75 Å². The standard InChI is InChI=1S/C11H12BrNO3/c1-15-10-6-8(2-3-9(10)12)13-4-5-16-7-11(13)14/h2-3,6H,4-5,7H2,1H3. The van der Waals surface area contributed by atoms with Gasteiger partial charge < -0.3 is 14.4 Å². The zero-order valence-corrected chi connectivity index (χ0v) is 10.5. The fourth-order valence-electron chi connectivity index (χ4n) is 1.61. The normalized spacial score (nSPS) is 16.4. The average Bonchev–Trinajstić information content (AvgIpc) is 2.31. The zero-order valence-electron chi connectivity index (χ0n) is 8.90. The molecule has 1 heterocycles. The fourth-order valence-corrected chi connectivity index (χ4v) is 2.02. The molecule has 1 fully saturated rings. The summed E-state index contributed by atoms with van der Waals surface area (Å²) in [6.07, 6.45) is 0. The molecule has 16 heavy (non-hydrogen) atoms. The molecule has 86 valence electrons. The Morgan fingerprint density at radius 3 is 3.00 bits per heavy atom. The lowest BCUT2D eigenvalue weighted by molar-refractivity contribution is -0.125. The predicted octanol–water partition coefficient (Wildman–Crippen LogP) is 1.82. The number of halogens is 1. The number of carbonyl (C=O) groups is 1. The maximum Gasteiger partial charge on any atom is 0.253 e. The Bertz CT molecular complexity index is 408. The van der Waals surface area contributed by atoms with E-state index in [4.69, 9.17) is 9.47 Å². The summed E-state index contributed by atoms with van der Waals surface area (Å²) in [6, 6.07) is 5.60. The van der Waals surface area contributed by atoms with Crippen molar-refractivity contribution in [1.82, 2.24) is 0 Å². The summed E-state index contributed by atoms with van der Waals surface area (Å²) in [4.78, 5) is 13.3. The molecule has 1 aliphatic heterocycles. The zero-order chi connectivity index (χ0) is 11.5. The molecule has 0 bridgehead atoms. The summed E-state index contributed by atoms with van der Waals surface area (Å²) in [5.41, 5.74) is 0.841. The van der Waals surface area contributed by atoms with Gasteiger partial charge in [-0.3, -0.25) is 4.79 Å². The Morgan fingerprint density at radius 2 is 2.31 bits per heavy atom. The molecular formula is C11H12BrNO3. The van der Waals surface area contributed by atoms with Crippen LogP contribution in [0.25, 0.3) is 0 Å². The first-order valence-corrected chi connectivity index (χ1v) is 5.73. The molecule has 0 N–H and O–H groups in total. The van der Waals surface area contributed by atoms with Crippen molar-refractivity contribution in [2.75, 3.05) is 31.8 Å². The van der Waals surface area contributed by atoms with Gasteiger partial charge in [-0.2, -0.15) is 0 Å². The number of ether oxygens (including phenoxy) is 2. The third-order valence-corrected chi connectivity index (χ3v) is 3.09. The number of amides is 1. The first-order valence-electron chi connectivity index (χ1n) is 4.94. The largest absolute Gasteiger partial charge is 0.495 e. The van der Waals surface area contributed by atoms with Gasteiger partial charge in [0.25, 0.3) is 5.91 Å². The molecule has 2 rings (SSSR count). The predicted molar refractivity (Wildman–Crippen MR) is 63.9 cm³/mol. The van der Waals surface area contributed by atoms with Crippen LogP contribution >= 0.6 is 15.9 Å². The van der Waals surface area contributed by atoms with E-state index >= 15 is 0 Å². The van der Waals surface area contributed by atoms with Gasteiger partial charge in [-0.15, -0.1) is 0 Å². The topological polar surface area (TPSA) is 38.8 Å². The highest BCUT2D eigenvalue weighted by Gasteiger charge is 2.20. The minimum atomic E-state index is -0.0179. The second-order valence-electron chi connectivity index (χ2n) is 3.42. The molecule has 0 unspecified atom stereocenters. The van der Waals surface area contributed by atoms with Gasteiger partial charge in [0.05, 0.1) is 18.2 Å². The van der Waals surface area contributed by atoms with E-state index in [-0.39, 0.29) is 12.5 Å². The number of morpholine rings is 1. The van der Waals surface area contributed by atoms with Gasteiger partial charge in [-0.05, 0) is 28.1 Å². The van der Waals surface area contributed by atoms with Gasteiger partial charge >= 0.3 is 0 Å². The highest BCUT2D eigenvalue weighted by atomic mass is 79.9. The van der Waals surface area contributed by atoms with Gasteiger partial charge in [-0.25, -0.2) is 0 Å². The molecule has 0 aliphatic carbocycles. The number of hydrogen-bond donors (Lipinski definition) is 0. The number of anilines is 1. The monoisotopic (exact) mass is 285 g/mol. The maximum atomic E-state index is 11.6. The average molecular weight is 286 g/mol. The summed E-state index contributed by atoms with van der Waals surface area (Å²) < 4.78 is 11.2. The van der Waals surface area contributed by atoms with Gasteiger partial charge in [0.2, 0.25) is 0 Å². The SMILES string of the molecule is COc1cc(N2CCOCC2=O)ccc1Br. The van der Waals surface area contributed by atoms with Crippen LogP contribution in [0.3, 0.4) is 0 Å². The second-order valence-corrected chi connectivity index (χ2v) is 4.27. The minimum absolute atomic E-state index is 0.0179. The Morgan fingerprint density at radius 1 is 1.50 bits per heavy atom. The molecule has 0 spiro atoms. The molecule has 1 amide bonds. The quantitative estimate of drug-likeness (QED) is 0.832. The lowest BCUT2D eigenvalue weighted by Gasteiger charge is -2.27. The van der Waals surface area contributed by atoms with Gasteiger partial charge in [-0.1, -0.05) is 0 Å². The number of carbonyl (C=O) groups excluding carboxylic acids is 1. The molecular weight excluding hydrogens is 274 g/mol. The Labute approximate surface area is 102 Å². The summed E-state index contributed by atoms with van der Waals surface area (Å²) >= 11 is 3.38. The highest BCUT2D eigenvalue weighted by molar-refractivity contribution is 9.10. The van der Waals surface area contributed by atoms with Gasteiger partial charge in [0.1, 0.15) is 12.4 Å². The van der Waals surface area contributed by atoms with Crippen molar-refractivity contribution in [3.63, 3.8) is 0 Å². The molecule has 1 saturated heterocycles. The van der Waals surface area contributed by atoms with E-state index in [1.54, 1.807) is 12.0 Å². The third kappa shape index (κ3) is 2.20. The molecule has 5 heteroatoms. The molecule has 4 nitrogen and oxygen atoms in total. The Balaban J connectivity index is 2.29. The molecule has 1 aromatic rings. The van der Waals surface area contributed by atoms with Crippen LogP contribution in [0.2, 0.25) is 0 Å². The van der Waals surface area contributed by atoms with Crippen molar-refractivity contribution >= 4 is 27.5 Å². The van der Waals surface area contributed by atoms with Crippen LogP contribution in [0.1, 0.15) is 0 Å². The number of rotatable bonds is 2. The van der Waals surface area contributed by atoms with E-state index in [1.165, 1.54) is 0 Å². The summed E-state index contributed by atoms with van der Waals surface area (Å²) in [6.45, 7) is 1.31. The van der Waals surface area contributed by atoms with E-state index in [9.17, 15) is 4.79 Å².